The molecule has 154 valence electrons. The predicted molar refractivity (Wildman–Crippen MR) is 118 cm³/mol. The lowest BCUT2D eigenvalue weighted by Gasteiger charge is -2.26. The van der Waals surface area contributed by atoms with E-state index >= 15 is 0 Å². The largest absolute Gasteiger partial charge is 0.238 e. The standard InChI is InChI=1S/C21H19N3O4S2/c1-15-3-8-18(9-4-15)23(29(25)26)20-12-7-17(14-22)13-21(20)24(30(27)28)19-10-5-16(2)6-11-19/h3-13,29-30H,1-2H3. The number of nitrogens with zero attached hydrogens (tertiary/aromatic N) is 3. The number of nitriles is 1. The van der Waals surface area contributed by atoms with E-state index < -0.39 is 21.8 Å². The third-order valence-corrected chi connectivity index (χ3v) is 5.99. The highest BCUT2D eigenvalue weighted by Crippen LogP contribution is 2.39. The van der Waals surface area contributed by atoms with Gasteiger partial charge in [-0.2, -0.15) is 5.26 Å². The molecule has 0 heterocycles. The Labute approximate surface area is 178 Å². The van der Waals surface area contributed by atoms with E-state index in [2.05, 4.69) is 0 Å². The molecule has 0 amide bonds. The summed E-state index contributed by atoms with van der Waals surface area (Å²) in [5, 5.41) is 9.32. The zero-order chi connectivity index (χ0) is 21.8. The lowest BCUT2D eigenvalue weighted by Crippen LogP contribution is -2.21. The van der Waals surface area contributed by atoms with Crippen LogP contribution in [-0.4, -0.2) is 16.8 Å². The number of benzene rings is 3. The molecule has 0 unspecified atom stereocenters. The van der Waals surface area contributed by atoms with Crippen LogP contribution >= 0.6 is 0 Å². The van der Waals surface area contributed by atoms with Gasteiger partial charge >= 0.3 is 0 Å². The van der Waals surface area contributed by atoms with Crippen LogP contribution in [0.4, 0.5) is 22.7 Å². The van der Waals surface area contributed by atoms with Crippen molar-refractivity contribution in [3.63, 3.8) is 0 Å². The van der Waals surface area contributed by atoms with Gasteiger partial charge in [0, 0.05) is 0 Å². The van der Waals surface area contributed by atoms with Gasteiger partial charge in [-0.25, -0.2) is 25.4 Å². The van der Waals surface area contributed by atoms with Crippen molar-refractivity contribution in [2.24, 2.45) is 0 Å². The summed E-state index contributed by atoms with van der Waals surface area (Å²) in [4.78, 5) is 0. The molecular weight excluding hydrogens is 422 g/mol. The Balaban J connectivity index is 2.28. The summed E-state index contributed by atoms with van der Waals surface area (Å²) in [5.41, 5.74) is 2.96. The average Bonchev–Trinajstić information content (AvgIpc) is 2.71. The van der Waals surface area contributed by atoms with Gasteiger partial charge in [-0.1, -0.05) is 35.4 Å². The van der Waals surface area contributed by atoms with Crippen LogP contribution < -0.4 is 8.61 Å². The van der Waals surface area contributed by atoms with Gasteiger partial charge in [0.2, 0.25) is 21.8 Å². The number of rotatable bonds is 6. The maximum atomic E-state index is 12.2. The van der Waals surface area contributed by atoms with E-state index in [4.69, 9.17) is 0 Å². The van der Waals surface area contributed by atoms with E-state index in [0.717, 1.165) is 19.7 Å². The highest BCUT2D eigenvalue weighted by atomic mass is 32.2. The van der Waals surface area contributed by atoms with Crippen molar-refractivity contribution in [2.45, 2.75) is 13.8 Å². The molecule has 0 fully saturated rings. The van der Waals surface area contributed by atoms with E-state index in [9.17, 15) is 22.1 Å². The van der Waals surface area contributed by atoms with Crippen molar-refractivity contribution >= 4 is 44.5 Å². The van der Waals surface area contributed by atoms with Gasteiger partial charge in [0.25, 0.3) is 0 Å². The molecule has 0 N–H and O–H groups in total. The van der Waals surface area contributed by atoms with Crippen molar-refractivity contribution in [3.8, 4) is 6.07 Å². The maximum absolute atomic E-state index is 12.2. The third kappa shape index (κ3) is 4.45. The topological polar surface area (TPSA) is 98.5 Å². The molecular formula is C21H19N3O4S2. The van der Waals surface area contributed by atoms with E-state index in [1.54, 1.807) is 48.5 Å². The summed E-state index contributed by atoms with van der Waals surface area (Å²) in [6.07, 6.45) is 0. The Morgan fingerprint density at radius 1 is 0.667 bits per heavy atom. The summed E-state index contributed by atoms with van der Waals surface area (Å²) in [5.74, 6) is 0. The van der Waals surface area contributed by atoms with Crippen molar-refractivity contribution < 1.29 is 16.8 Å². The first-order chi connectivity index (χ1) is 14.3. The van der Waals surface area contributed by atoms with Crippen molar-refractivity contribution in [2.75, 3.05) is 8.61 Å². The number of aryl methyl sites for hydroxylation is 2. The Kier molecular flexibility index (Phi) is 6.40. The zero-order valence-corrected chi connectivity index (χ0v) is 18.0. The normalized spacial score (nSPS) is 10.8. The fraction of sp³-hybridized carbons (Fsp3) is 0.0952. The van der Waals surface area contributed by atoms with E-state index in [-0.39, 0.29) is 16.9 Å². The SMILES string of the molecule is Cc1ccc(N(c2ccc(C#N)cc2N(c2ccc(C)cc2)[SH](=O)=O)[SH](=O)=O)cc1. The molecule has 0 saturated heterocycles. The maximum Gasteiger partial charge on any atom is 0.229 e. The van der Waals surface area contributed by atoms with Crippen LogP contribution in [0.3, 0.4) is 0 Å². The minimum Gasteiger partial charge on any atom is -0.238 e. The van der Waals surface area contributed by atoms with Gasteiger partial charge in [-0.05, 0) is 56.3 Å². The van der Waals surface area contributed by atoms with E-state index in [0.29, 0.717) is 11.4 Å². The molecule has 0 spiro atoms. The molecule has 0 atom stereocenters. The first-order valence-corrected chi connectivity index (χ1v) is 11.1. The number of hydrogen-bond donors (Lipinski definition) is 2. The summed E-state index contributed by atoms with van der Waals surface area (Å²) in [6.45, 7) is 3.74. The zero-order valence-electron chi connectivity index (χ0n) is 16.2. The molecule has 3 rings (SSSR count). The van der Waals surface area contributed by atoms with Crippen LogP contribution in [0, 0.1) is 25.2 Å². The molecule has 0 bridgehead atoms. The molecule has 0 aliphatic rings. The van der Waals surface area contributed by atoms with Crippen LogP contribution in [0.5, 0.6) is 0 Å². The lowest BCUT2D eigenvalue weighted by molar-refractivity contribution is 0.612. The molecule has 0 radical (unpaired) electrons. The second kappa shape index (κ2) is 8.98. The van der Waals surface area contributed by atoms with Gasteiger partial charge in [-0.3, -0.25) is 0 Å². The summed E-state index contributed by atoms with van der Waals surface area (Å²) < 4.78 is 50.9. The van der Waals surface area contributed by atoms with Gasteiger partial charge < -0.3 is 0 Å². The number of hydrogen-bond acceptors (Lipinski definition) is 5. The van der Waals surface area contributed by atoms with Crippen LogP contribution in [0.2, 0.25) is 0 Å². The van der Waals surface area contributed by atoms with Crippen molar-refractivity contribution in [3.05, 3.63) is 83.4 Å². The third-order valence-electron chi connectivity index (χ3n) is 4.44. The first kappa shape index (κ1) is 21.4. The van der Waals surface area contributed by atoms with Crippen LogP contribution in [0.15, 0.2) is 66.7 Å². The summed E-state index contributed by atoms with van der Waals surface area (Å²) >= 11 is 0. The van der Waals surface area contributed by atoms with Crippen LogP contribution in [0.1, 0.15) is 16.7 Å². The van der Waals surface area contributed by atoms with Gasteiger partial charge in [-0.15, -0.1) is 0 Å². The van der Waals surface area contributed by atoms with Crippen LogP contribution in [-0.2, 0) is 21.8 Å². The number of anilines is 4. The Bertz CT molecular complexity index is 1240. The van der Waals surface area contributed by atoms with E-state index in [1.807, 2.05) is 19.9 Å². The molecule has 0 aliphatic carbocycles. The molecule has 9 heteroatoms. The second-order valence-corrected chi connectivity index (χ2v) is 8.34. The molecule has 0 saturated carbocycles. The molecule has 3 aromatic rings. The van der Waals surface area contributed by atoms with Gasteiger partial charge in [0.15, 0.2) is 0 Å². The second-order valence-electron chi connectivity index (χ2n) is 6.59. The first-order valence-electron chi connectivity index (χ1n) is 8.88. The Morgan fingerprint density at radius 3 is 1.50 bits per heavy atom. The van der Waals surface area contributed by atoms with Crippen molar-refractivity contribution in [1.82, 2.24) is 0 Å². The van der Waals surface area contributed by atoms with Crippen molar-refractivity contribution in [1.29, 1.82) is 5.26 Å². The van der Waals surface area contributed by atoms with Gasteiger partial charge in [0.1, 0.15) is 0 Å². The molecule has 3 aromatic carbocycles. The summed E-state index contributed by atoms with van der Waals surface area (Å²) in [7, 11) is -6.32. The molecule has 0 aromatic heterocycles. The highest BCUT2D eigenvalue weighted by molar-refractivity contribution is 7.75. The fourth-order valence-corrected chi connectivity index (χ4v) is 4.28. The van der Waals surface area contributed by atoms with E-state index in [1.165, 1.54) is 18.2 Å². The van der Waals surface area contributed by atoms with Crippen LogP contribution in [0.25, 0.3) is 0 Å². The highest BCUT2D eigenvalue weighted by Gasteiger charge is 2.23. The fourth-order valence-electron chi connectivity index (χ4n) is 2.96. The monoisotopic (exact) mass is 441 g/mol. The minimum absolute atomic E-state index is 0.0637. The number of thiol groups is 2. The molecule has 30 heavy (non-hydrogen) atoms. The molecule has 0 aliphatic heterocycles. The minimum atomic E-state index is -3.18. The predicted octanol–water partition coefficient (Wildman–Crippen LogP) is 3.50. The Morgan fingerprint density at radius 2 is 1.10 bits per heavy atom. The Hall–Kier alpha value is -3.35. The van der Waals surface area contributed by atoms with Gasteiger partial charge in [0.05, 0.1) is 34.4 Å². The lowest BCUT2D eigenvalue weighted by atomic mass is 10.1. The molecule has 7 nitrogen and oxygen atoms in total. The average molecular weight is 442 g/mol. The summed E-state index contributed by atoms with van der Waals surface area (Å²) in [6, 6.07) is 19.7. The quantitative estimate of drug-likeness (QED) is 0.571. The smallest absolute Gasteiger partial charge is 0.229 e.